The minimum atomic E-state index is -1.08. The number of aromatic hydroxyl groups is 1. The molecule has 0 saturated heterocycles. The number of rotatable bonds is 10. The van der Waals surface area contributed by atoms with E-state index in [1.807, 2.05) is 94.4 Å². The van der Waals surface area contributed by atoms with Crippen LogP contribution in [-0.4, -0.2) is 45.1 Å². The van der Waals surface area contributed by atoms with Crippen LogP contribution in [0, 0.1) is 6.92 Å². The molecule has 0 aliphatic heterocycles. The quantitative estimate of drug-likeness (QED) is 0.168. The summed E-state index contributed by atoms with van der Waals surface area (Å²) in [4.78, 5) is 44.0. The zero-order chi connectivity index (χ0) is 33.6. The SMILES string of the molecule is CCC(C)(C)N(C(=O)C(Cc1ccc(O)cc1)NC(=O)OC(C)(C)C)C(C(=O)Nc1ccc2ccccc2c1)c1ccc(C)cc1. The van der Waals surface area contributed by atoms with Crippen LogP contribution in [0.25, 0.3) is 10.8 Å². The fraction of sp³-hybridized carbons (Fsp3) is 0.342. The average molecular weight is 624 g/mol. The van der Waals surface area contributed by atoms with Gasteiger partial charge in [0.2, 0.25) is 5.91 Å². The molecule has 4 rings (SSSR count). The van der Waals surface area contributed by atoms with Crippen molar-refractivity contribution in [2.75, 3.05) is 5.32 Å². The molecule has 4 aromatic rings. The number of hydrogen-bond acceptors (Lipinski definition) is 5. The lowest BCUT2D eigenvalue weighted by Crippen LogP contribution is -2.59. The molecule has 46 heavy (non-hydrogen) atoms. The van der Waals surface area contributed by atoms with Gasteiger partial charge < -0.3 is 25.4 Å². The summed E-state index contributed by atoms with van der Waals surface area (Å²) in [6.07, 6.45) is -0.101. The van der Waals surface area contributed by atoms with Crippen molar-refractivity contribution in [1.82, 2.24) is 10.2 Å². The number of fused-ring (bicyclic) bond motifs is 1. The lowest BCUT2D eigenvalue weighted by molar-refractivity contribution is -0.147. The van der Waals surface area contributed by atoms with E-state index < -0.39 is 35.2 Å². The van der Waals surface area contributed by atoms with E-state index in [9.17, 15) is 19.5 Å². The zero-order valence-electron chi connectivity index (χ0n) is 27.8. The Kier molecular flexibility index (Phi) is 10.4. The molecule has 0 spiro atoms. The van der Waals surface area contributed by atoms with Crippen molar-refractivity contribution in [2.45, 2.75) is 84.5 Å². The van der Waals surface area contributed by atoms with E-state index >= 15 is 0 Å². The molecule has 242 valence electrons. The summed E-state index contributed by atoms with van der Waals surface area (Å²) >= 11 is 0. The highest BCUT2D eigenvalue weighted by Gasteiger charge is 2.43. The molecule has 0 heterocycles. The van der Waals surface area contributed by atoms with Gasteiger partial charge in [-0.1, -0.05) is 79.2 Å². The van der Waals surface area contributed by atoms with Gasteiger partial charge in [0, 0.05) is 17.6 Å². The lowest BCUT2D eigenvalue weighted by atomic mass is 9.91. The summed E-state index contributed by atoms with van der Waals surface area (Å²) in [6.45, 7) is 13.0. The number of alkyl carbamates (subject to hydrolysis) is 1. The molecule has 0 radical (unpaired) electrons. The molecule has 0 bridgehead atoms. The van der Waals surface area contributed by atoms with E-state index in [1.165, 1.54) is 12.1 Å². The van der Waals surface area contributed by atoms with Gasteiger partial charge in [-0.05, 0) is 94.1 Å². The molecule has 0 saturated carbocycles. The van der Waals surface area contributed by atoms with Gasteiger partial charge >= 0.3 is 6.09 Å². The van der Waals surface area contributed by atoms with Crippen LogP contribution in [-0.2, 0) is 20.7 Å². The third-order valence-electron chi connectivity index (χ3n) is 8.04. The van der Waals surface area contributed by atoms with Crippen LogP contribution in [0.4, 0.5) is 10.5 Å². The van der Waals surface area contributed by atoms with Crippen LogP contribution in [0.5, 0.6) is 5.75 Å². The van der Waals surface area contributed by atoms with E-state index in [2.05, 4.69) is 10.6 Å². The first-order chi connectivity index (χ1) is 21.7. The number of phenols is 1. The van der Waals surface area contributed by atoms with Crippen molar-refractivity contribution >= 4 is 34.4 Å². The minimum Gasteiger partial charge on any atom is -0.508 e. The largest absolute Gasteiger partial charge is 0.508 e. The van der Waals surface area contributed by atoms with Gasteiger partial charge in [0.05, 0.1) is 0 Å². The van der Waals surface area contributed by atoms with Crippen molar-refractivity contribution in [3.8, 4) is 5.75 Å². The Morgan fingerprint density at radius 2 is 1.48 bits per heavy atom. The second-order valence-corrected chi connectivity index (χ2v) is 13.3. The van der Waals surface area contributed by atoms with Gasteiger partial charge in [-0.15, -0.1) is 0 Å². The zero-order valence-corrected chi connectivity index (χ0v) is 27.8. The number of phenolic OH excluding ortho intramolecular Hbond substituents is 1. The topological polar surface area (TPSA) is 108 Å². The normalized spacial score (nSPS) is 13.0. The summed E-state index contributed by atoms with van der Waals surface area (Å²) < 4.78 is 5.55. The van der Waals surface area contributed by atoms with Crippen LogP contribution in [0.2, 0.25) is 0 Å². The number of carbonyl (C=O) groups is 3. The van der Waals surface area contributed by atoms with Crippen LogP contribution in [0.15, 0.2) is 91.0 Å². The fourth-order valence-corrected chi connectivity index (χ4v) is 5.28. The molecule has 2 unspecified atom stereocenters. The first kappa shape index (κ1) is 34.0. The molecule has 3 N–H and O–H groups in total. The molecule has 0 aliphatic rings. The number of hydrogen-bond donors (Lipinski definition) is 3. The van der Waals surface area contributed by atoms with Crippen molar-refractivity contribution < 1.29 is 24.2 Å². The Hall–Kier alpha value is -4.85. The first-order valence-electron chi connectivity index (χ1n) is 15.6. The van der Waals surface area contributed by atoms with E-state index in [0.29, 0.717) is 23.2 Å². The molecule has 2 atom stereocenters. The van der Waals surface area contributed by atoms with E-state index in [-0.39, 0.29) is 18.1 Å². The molecule has 8 heteroatoms. The van der Waals surface area contributed by atoms with E-state index in [4.69, 9.17) is 4.74 Å². The predicted octanol–water partition coefficient (Wildman–Crippen LogP) is 7.69. The highest BCUT2D eigenvalue weighted by Crippen LogP contribution is 2.34. The summed E-state index contributed by atoms with van der Waals surface area (Å²) in [5, 5.41) is 17.7. The molecule has 4 aromatic carbocycles. The third kappa shape index (κ3) is 8.65. The molecular formula is C38H45N3O5. The fourth-order valence-electron chi connectivity index (χ4n) is 5.28. The standard InChI is InChI=1S/C38H45N3O5/c1-8-38(6,7)41(35(44)32(40-36(45)46-37(3,4)5)23-26-15-21-31(42)22-16-26)33(28-17-13-25(2)14-18-28)34(43)39-30-20-19-27-11-9-10-12-29(27)24-30/h9-22,24,32-33,42H,8,23H2,1-7H3,(H,39,43)(H,40,45). The number of aryl methyl sites for hydroxylation is 1. The van der Waals surface area contributed by atoms with Crippen LogP contribution in [0.1, 0.15) is 70.7 Å². The maximum atomic E-state index is 14.9. The van der Waals surface area contributed by atoms with Gasteiger partial charge in [-0.3, -0.25) is 9.59 Å². The number of ether oxygens (including phenoxy) is 1. The van der Waals surface area contributed by atoms with Gasteiger partial charge in [-0.2, -0.15) is 0 Å². The van der Waals surface area contributed by atoms with Crippen molar-refractivity contribution in [3.05, 3.63) is 108 Å². The molecule has 8 nitrogen and oxygen atoms in total. The van der Waals surface area contributed by atoms with Gasteiger partial charge in [0.25, 0.3) is 5.91 Å². The number of carbonyl (C=O) groups excluding carboxylic acids is 3. The van der Waals surface area contributed by atoms with Gasteiger partial charge in [-0.25, -0.2) is 4.79 Å². The second-order valence-electron chi connectivity index (χ2n) is 13.3. The van der Waals surface area contributed by atoms with Crippen LogP contribution >= 0.6 is 0 Å². The highest BCUT2D eigenvalue weighted by atomic mass is 16.6. The van der Waals surface area contributed by atoms with Crippen LogP contribution in [0.3, 0.4) is 0 Å². The lowest BCUT2D eigenvalue weighted by Gasteiger charge is -2.44. The Morgan fingerprint density at radius 1 is 0.848 bits per heavy atom. The third-order valence-corrected chi connectivity index (χ3v) is 8.04. The van der Waals surface area contributed by atoms with Crippen molar-refractivity contribution in [3.63, 3.8) is 0 Å². The Bertz CT molecular complexity index is 1670. The molecule has 0 fully saturated rings. The number of nitrogens with one attached hydrogen (secondary N) is 2. The molecular weight excluding hydrogens is 578 g/mol. The summed E-state index contributed by atoms with van der Waals surface area (Å²) in [5.41, 5.74) is 1.38. The van der Waals surface area contributed by atoms with E-state index in [1.54, 1.807) is 37.8 Å². The van der Waals surface area contributed by atoms with Crippen LogP contribution < -0.4 is 10.6 Å². The Morgan fingerprint density at radius 3 is 2.09 bits per heavy atom. The van der Waals surface area contributed by atoms with Gasteiger partial charge in [0.15, 0.2) is 0 Å². The number of anilines is 1. The highest BCUT2D eigenvalue weighted by molar-refractivity contribution is 6.00. The maximum Gasteiger partial charge on any atom is 0.408 e. The van der Waals surface area contributed by atoms with Crippen molar-refractivity contribution in [2.24, 2.45) is 0 Å². The Labute approximate surface area is 271 Å². The predicted molar refractivity (Wildman–Crippen MR) is 183 cm³/mol. The summed E-state index contributed by atoms with van der Waals surface area (Å²) in [5.74, 6) is -0.732. The molecule has 0 aliphatic carbocycles. The molecule has 0 aromatic heterocycles. The number of amides is 3. The minimum absolute atomic E-state index is 0.0882. The van der Waals surface area contributed by atoms with E-state index in [0.717, 1.165) is 16.3 Å². The number of benzene rings is 4. The average Bonchev–Trinajstić information content (AvgIpc) is 2.99. The molecule has 3 amide bonds. The Balaban J connectivity index is 1.80. The number of nitrogens with zero attached hydrogens (tertiary/aromatic N) is 1. The summed E-state index contributed by atoms with van der Waals surface area (Å²) in [7, 11) is 0. The smallest absolute Gasteiger partial charge is 0.408 e. The first-order valence-corrected chi connectivity index (χ1v) is 15.6. The monoisotopic (exact) mass is 623 g/mol. The second kappa shape index (κ2) is 14.1. The van der Waals surface area contributed by atoms with Crippen molar-refractivity contribution in [1.29, 1.82) is 0 Å². The summed E-state index contributed by atoms with van der Waals surface area (Å²) in [6, 6.07) is 25.5. The van der Waals surface area contributed by atoms with Gasteiger partial charge in [0.1, 0.15) is 23.4 Å². The maximum absolute atomic E-state index is 14.9.